The molecule has 0 bridgehead atoms. The molecule has 8 heteroatoms. The van der Waals surface area contributed by atoms with Crippen LogP contribution in [0.5, 0.6) is 5.75 Å². The van der Waals surface area contributed by atoms with Gasteiger partial charge in [0.2, 0.25) is 5.78 Å². The summed E-state index contributed by atoms with van der Waals surface area (Å²) in [4.78, 5) is 29.1. The molecule has 0 saturated carbocycles. The average molecular weight is 398 g/mol. The third-order valence-corrected chi connectivity index (χ3v) is 4.50. The van der Waals surface area contributed by atoms with Crippen molar-refractivity contribution < 1.29 is 24.3 Å². The fourth-order valence-corrected chi connectivity index (χ4v) is 3.00. The number of rotatable bonds is 8. The molecule has 0 aliphatic rings. The lowest BCUT2D eigenvalue weighted by Crippen LogP contribution is -2.11. The van der Waals surface area contributed by atoms with Gasteiger partial charge in [-0.1, -0.05) is 16.9 Å². The number of benzene rings is 2. The molecule has 7 nitrogen and oxygen atoms in total. The Morgan fingerprint density at radius 2 is 1.89 bits per heavy atom. The van der Waals surface area contributed by atoms with E-state index in [1.54, 1.807) is 42.5 Å². The molecule has 1 N–H and O–H groups in total. The number of aliphatic hydroxyl groups excluding tert-OH is 1. The Balaban J connectivity index is 2.12. The van der Waals surface area contributed by atoms with Gasteiger partial charge in [-0.25, -0.2) is 4.79 Å². The van der Waals surface area contributed by atoms with E-state index >= 15 is 0 Å². The first-order valence-corrected chi connectivity index (χ1v) is 9.09. The van der Waals surface area contributed by atoms with Crippen LogP contribution < -0.4 is 4.74 Å². The molecule has 0 amide bonds. The minimum Gasteiger partial charge on any atom is -0.491 e. The number of oxime groups is 1. The number of nitrogens with zero attached hydrogens (tertiary/aromatic N) is 2. The van der Waals surface area contributed by atoms with Gasteiger partial charge < -0.3 is 14.7 Å². The van der Waals surface area contributed by atoms with Crippen molar-refractivity contribution in [2.75, 3.05) is 13.2 Å². The summed E-state index contributed by atoms with van der Waals surface area (Å²) in [6, 6.07) is 14.0. The van der Waals surface area contributed by atoms with Gasteiger partial charge in [-0.2, -0.15) is 5.26 Å². The van der Waals surface area contributed by atoms with Crippen molar-refractivity contribution in [1.29, 1.82) is 5.26 Å². The second kappa shape index (κ2) is 10.3. The zero-order chi connectivity index (χ0) is 20.5. The highest BCUT2D eigenvalue weighted by molar-refractivity contribution is 7.99. The Bertz CT molecular complexity index is 933. The third kappa shape index (κ3) is 5.94. The molecule has 0 atom stereocenters. The van der Waals surface area contributed by atoms with Crippen LogP contribution in [0.15, 0.2) is 57.4 Å². The zero-order valence-electron chi connectivity index (χ0n) is 15.3. The minimum atomic E-state index is -0.597. The first-order chi connectivity index (χ1) is 13.4. The quantitative estimate of drug-likeness (QED) is 0.315. The summed E-state index contributed by atoms with van der Waals surface area (Å²) in [5.41, 5.74) is 0.928. The van der Waals surface area contributed by atoms with Crippen LogP contribution in [0.3, 0.4) is 0 Å². The van der Waals surface area contributed by atoms with E-state index in [1.807, 2.05) is 0 Å². The Labute approximate surface area is 166 Å². The maximum Gasteiger partial charge on any atom is 0.331 e. The fraction of sp³-hybridized carbons (Fsp3) is 0.200. The largest absolute Gasteiger partial charge is 0.491 e. The Morgan fingerprint density at radius 1 is 1.18 bits per heavy atom. The first kappa shape index (κ1) is 21.2. The number of aliphatic hydroxyl groups is 1. The second-order valence-electron chi connectivity index (χ2n) is 5.56. The number of nitriles is 1. The van der Waals surface area contributed by atoms with Crippen LogP contribution >= 0.6 is 11.8 Å². The van der Waals surface area contributed by atoms with Crippen molar-refractivity contribution in [2.24, 2.45) is 5.16 Å². The lowest BCUT2D eigenvalue weighted by molar-refractivity contribution is -0.140. The van der Waals surface area contributed by atoms with E-state index in [4.69, 9.17) is 9.84 Å². The second-order valence-corrected chi connectivity index (χ2v) is 6.67. The van der Waals surface area contributed by atoms with Gasteiger partial charge in [-0.3, -0.25) is 4.79 Å². The number of hydrogen-bond acceptors (Lipinski definition) is 8. The molecule has 0 saturated heterocycles. The summed E-state index contributed by atoms with van der Waals surface area (Å²) in [5, 5.41) is 21.6. The smallest absolute Gasteiger partial charge is 0.331 e. The van der Waals surface area contributed by atoms with Gasteiger partial charge >= 0.3 is 5.97 Å². The average Bonchev–Trinajstić information content (AvgIpc) is 2.71. The predicted molar refractivity (Wildman–Crippen MR) is 104 cm³/mol. The Hall–Kier alpha value is -3.15. The molecular formula is C20H18N2O5S. The standard InChI is InChI=1S/C20H18N2O5S/c1-13(22-27-14(2)24)20(25)15-3-6-18(7-4-15)28-19-8-5-17(26-10-9-23)11-16(19)12-21/h3-8,11,23H,9-10H2,1-2H3. The molecule has 0 heterocycles. The molecule has 0 aliphatic heterocycles. The van der Waals surface area contributed by atoms with Crippen LogP contribution in [0.25, 0.3) is 0 Å². The highest BCUT2D eigenvalue weighted by Gasteiger charge is 2.12. The summed E-state index contributed by atoms with van der Waals surface area (Å²) < 4.78 is 5.31. The minimum absolute atomic E-state index is 0.0702. The predicted octanol–water partition coefficient (Wildman–Crippen LogP) is 3.20. The van der Waals surface area contributed by atoms with Gasteiger partial charge in [0.25, 0.3) is 0 Å². The molecule has 28 heavy (non-hydrogen) atoms. The van der Waals surface area contributed by atoms with Crippen LogP contribution in [0.4, 0.5) is 0 Å². The van der Waals surface area contributed by atoms with E-state index in [-0.39, 0.29) is 24.7 Å². The van der Waals surface area contributed by atoms with E-state index < -0.39 is 5.97 Å². The highest BCUT2D eigenvalue weighted by Crippen LogP contribution is 2.32. The summed E-state index contributed by atoms with van der Waals surface area (Å²) in [7, 11) is 0. The van der Waals surface area contributed by atoms with Crippen LogP contribution in [-0.2, 0) is 9.63 Å². The van der Waals surface area contributed by atoms with E-state index in [0.29, 0.717) is 16.9 Å². The normalized spacial score (nSPS) is 10.9. The monoisotopic (exact) mass is 398 g/mol. The molecule has 2 rings (SSSR count). The van der Waals surface area contributed by atoms with Crippen molar-refractivity contribution in [1.82, 2.24) is 0 Å². The van der Waals surface area contributed by atoms with Gasteiger partial charge in [-0.15, -0.1) is 0 Å². The van der Waals surface area contributed by atoms with Gasteiger partial charge in [0.15, 0.2) is 0 Å². The molecule has 0 fully saturated rings. The maximum atomic E-state index is 12.2. The van der Waals surface area contributed by atoms with Gasteiger partial charge in [0.1, 0.15) is 24.1 Å². The summed E-state index contributed by atoms with van der Waals surface area (Å²) >= 11 is 1.38. The van der Waals surface area contributed by atoms with Crippen LogP contribution in [-0.4, -0.2) is 35.8 Å². The number of carbonyl (C=O) groups excluding carboxylic acids is 2. The molecule has 144 valence electrons. The lowest BCUT2D eigenvalue weighted by atomic mass is 10.1. The van der Waals surface area contributed by atoms with Crippen molar-refractivity contribution in [3.8, 4) is 11.8 Å². The van der Waals surface area contributed by atoms with Crippen LogP contribution in [0.1, 0.15) is 29.8 Å². The van der Waals surface area contributed by atoms with Crippen molar-refractivity contribution in [3.63, 3.8) is 0 Å². The van der Waals surface area contributed by atoms with Gasteiger partial charge in [-0.05, 0) is 49.4 Å². The van der Waals surface area contributed by atoms with Gasteiger partial charge in [0.05, 0.1) is 12.2 Å². The Kier molecular flexibility index (Phi) is 7.75. The van der Waals surface area contributed by atoms with Crippen molar-refractivity contribution in [3.05, 3.63) is 53.6 Å². The van der Waals surface area contributed by atoms with E-state index in [2.05, 4.69) is 16.1 Å². The molecule has 2 aromatic rings. The van der Waals surface area contributed by atoms with Crippen molar-refractivity contribution >= 4 is 29.2 Å². The topological polar surface area (TPSA) is 109 Å². The lowest BCUT2D eigenvalue weighted by Gasteiger charge is -2.08. The molecule has 2 aromatic carbocycles. The number of Topliss-reactive ketones (excluding diaryl/α,β-unsaturated/α-hetero) is 1. The fourth-order valence-electron chi connectivity index (χ4n) is 2.12. The number of hydrogen-bond donors (Lipinski definition) is 1. The zero-order valence-corrected chi connectivity index (χ0v) is 16.2. The summed E-state index contributed by atoms with van der Waals surface area (Å²) in [6.07, 6.45) is 0. The Morgan fingerprint density at radius 3 is 2.50 bits per heavy atom. The first-order valence-electron chi connectivity index (χ1n) is 8.27. The molecule has 0 unspecified atom stereocenters. The molecular weight excluding hydrogens is 380 g/mol. The summed E-state index contributed by atoms with van der Waals surface area (Å²) in [6.45, 7) is 2.73. The number of carbonyl (C=O) groups is 2. The third-order valence-electron chi connectivity index (χ3n) is 3.42. The van der Waals surface area contributed by atoms with Crippen molar-refractivity contribution in [2.45, 2.75) is 23.6 Å². The van der Waals surface area contributed by atoms with E-state index in [9.17, 15) is 14.9 Å². The number of ether oxygens (including phenoxy) is 1. The van der Waals surface area contributed by atoms with E-state index in [1.165, 1.54) is 25.6 Å². The van der Waals surface area contributed by atoms with Crippen LogP contribution in [0, 0.1) is 11.3 Å². The highest BCUT2D eigenvalue weighted by atomic mass is 32.2. The molecule has 0 aliphatic carbocycles. The van der Waals surface area contributed by atoms with Gasteiger partial charge in [0, 0.05) is 22.3 Å². The number of ketones is 1. The van der Waals surface area contributed by atoms with Crippen LogP contribution in [0.2, 0.25) is 0 Å². The SMILES string of the molecule is CC(=O)ON=C(C)C(=O)c1ccc(Sc2ccc(OCCO)cc2C#N)cc1. The molecule has 0 spiro atoms. The summed E-state index contributed by atoms with van der Waals surface area (Å²) in [5.74, 6) is -0.431. The molecule has 0 aromatic heterocycles. The maximum absolute atomic E-state index is 12.2. The van der Waals surface area contributed by atoms with E-state index in [0.717, 1.165) is 9.79 Å². The molecule has 0 radical (unpaired) electrons.